The highest BCUT2D eigenvalue weighted by atomic mass is 15.3. The Morgan fingerprint density at radius 1 is 1.26 bits per heavy atom. The number of nitrogen functional groups attached to an aromatic ring is 1. The zero-order valence-electron chi connectivity index (χ0n) is 11.3. The van der Waals surface area contributed by atoms with Gasteiger partial charge >= 0.3 is 0 Å². The molecular weight excluding hydrogens is 236 g/mol. The number of benzene rings is 1. The predicted octanol–water partition coefficient (Wildman–Crippen LogP) is 2.80. The molecule has 2 heterocycles. The second-order valence-corrected chi connectivity index (χ2v) is 4.82. The summed E-state index contributed by atoms with van der Waals surface area (Å²) < 4.78 is 4.27. The number of aromatic nitrogens is 3. The van der Waals surface area contributed by atoms with Crippen LogP contribution in [-0.2, 0) is 13.1 Å². The van der Waals surface area contributed by atoms with Crippen LogP contribution in [0.3, 0.4) is 0 Å². The molecule has 0 unspecified atom stereocenters. The van der Waals surface area contributed by atoms with Crippen LogP contribution in [0.5, 0.6) is 0 Å². The van der Waals surface area contributed by atoms with Gasteiger partial charge in [0.15, 0.2) is 0 Å². The van der Waals surface area contributed by atoms with Crippen molar-refractivity contribution in [2.24, 2.45) is 0 Å². The summed E-state index contributed by atoms with van der Waals surface area (Å²) in [4.78, 5) is 0. The summed E-state index contributed by atoms with van der Waals surface area (Å²) in [5, 5.41) is 5.60. The van der Waals surface area contributed by atoms with Crippen LogP contribution in [-0.4, -0.2) is 14.3 Å². The molecule has 1 aromatic carbocycles. The first-order valence-corrected chi connectivity index (χ1v) is 6.55. The van der Waals surface area contributed by atoms with Crippen LogP contribution in [0.4, 0.5) is 5.69 Å². The van der Waals surface area contributed by atoms with Crippen molar-refractivity contribution in [1.29, 1.82) is 0 Å². The minimum absolute atomic E-state index is 0.821. The van der Waals surface area contributed by atoms with Crippen LogP contribution in [0.25, 0.3) is 10.9 Å². The zero-order chi connectivity index (χ0) is 13.4. The smallest absolute Gasteiger partial charge is 0.0645 e. The van der Waals surface area contributed by atoms with E-state index in [1.807, 2.05) is 23.7 Å². The third kappa shape index (κ3) is 1.99. The Kier molecular flexibility index (Phi) is 2.78. The largest absolute Gasteiger partial charge is 0.398 e. The number of hydrogen-bond acceptors (Lipinski definition) is 2. The van der Waals surface area contributed by atoms with Gasteiger partial charge in [-0.05, 0) is 38.1 Å². The summed E-state index contributed by atoms with van der Waals surface area (Å²) in [5.74, 6) is 0. The summed E-state index contributed by atoms with van der Waals surface area (Å²) in [6, 6.07) is 10.3. The SMILES string of the molecule is CCn1nc(C)cc1Cn1ccc2c(N)cccc21. The highest BCUT2D eigenvalue weighted by Gasteiger charge is 2.08. The maximum absolute atomic E-state index is 5.99. The number of hydrogen-bond donors (Lipinski definition) is 1. The third-order valence-electron chi connectivity index (χ3n) is 3.46. The van der Waals surface area contributed by atoms with Gasteiger partial charge in [0.2, 0.25) is 0 Å². The first kappa shape index (κ1) is 11.8. The van der Waals surface area contributed by atoms with Crippen LogP contribution in [0.15, 0.2) is 36.5 Å². The number of nitrogens with two attached hydrogens (primary N) is 1. The summed E-state index contributed by atoms with van der Waals surface area (Å²) in [6.07, 6.45) is 2.09. The lowest BCUT2D eigenvalue weighted by molar-refractivity contribution is 0.602. The molecule has 3 aromatic rings. The number of fused-ring (bicyclic) bond motifs is 1. The van der Waals surface area contributed by atoms with Crippen molar-refractivity contribution >= 4 is 16.6 Å². The molecule has 0 bridgehead atoms. The van der Waals surface area contributed by atoms with E-state index in [9.17, 15) is 0 Å². The first-order valence-electron chi connectivity index (χ1n) is 6.55. The standard InChI is InChI=1S/C15H18N4/c1-3-19-12(9-11(2)17-19)10-18-8-7-13-14(16)5-4-6-15(13)18/h4-9H,3,10,16H2,1-2H3. The zero-order valence-corrected chi connectivity index (χ0v) is 11.3. The van der Waals surface area contributed by atoms with Gasteiger partial charge in [-0.3, -0.25) is 4.68 Å². The molecule has 4 heteroatoms. The summed E-state index contributed by atoms with van der Waals surface area (Å²) in [7, 11) is 0. The van der Waals surface area contributed by atoms with E-state index in [4.69, 9.17) is 5.73 Å². The molecule has 4 nitrogen and oxygen atoms in total. The molecule has 0 fully saturated rings. The van der Waals surface area contributed by atoms with E-state index < -0.39 is 0 Å². The van der Waals surface area contributed by atoms with E-state index >= 15 is 0 Å². The minimum Gasteiger partial charge on any atom is -0.398 e. The van der Waals surface area contributed by atoms with Gasteiger partial charge in [-0.1, -0.05) is 6.07 Å². The van der Waals surface area contributed by atoms with Crippen LogP contribution < -0.4 is 5.73 Å². The van der Waals surface area contributed by atoms with Gasteiger partial charge < -0.3 is 10.3 Å². The van der Waals surface area contributed by atoms with Crippen molar-refractivity contribution < 1.29 is 0 Å². The second-order valence-electron chi connectivity index (χ2n) is 4.82. The van der Waals surface area contributed by atoms with E-state index in [1.54, 1.807) is 0 Å². The lowest BCUT2D eigenvalue weighted by Crippen LogP contribution is -2.07. The van der Waals surface area contributed by atoms with Crippen molar-refractivity contribution in [2.45, 2.75) is 26.9 Å². The Morgan fingerprint density at radius 3 is 2.89 bits per heavy atom. The highest BCUT2D eigenvalue weighted by Crippen LogP contribution is 2.22. The molecule has 2 aromatic heterocycles. The van der Waals surface area contributed by atoms with Crippen molar-refractivity contribution in [3.63, 3.8) is 0 Å². The Labute approximate surface area is 112 Å². The van der Waals surface area contributed by atoms with E-state index in [2.05, 4.69) is 41.0 Å². The van der Waals surface area contributed by atoms with E-state index in [0.29, 0.717) is 0 Å². The first-order chi connectivity index (χ1) is 9.19. The average molecular weight is 254 g/mol. The fourth-order valence-corrected chi connectivity index (χ4v) is 2.56. The number of nitrogens with zero attached hydrogens (tertiary/aromatic N) is 3. The molecule has 0 atom stereocenters. The molecule has 3 rings (SSSR count). The van der Waals surface area contributed by atoms with Crippen molar-refractivity contribution in [2.75, 3.05) is 5.73 Å². The topological polar surface area (TPSA) is 48.8 Å². The Bertz CT molecular complexity index is 721. The molecular formula is C15H18N4. The summed E-state index contributed by atoms with van der Waals surface area (Å²) in [6.45, 7) is 5.86. The molecule has 0 spiro atoms. The average Bonchev–Trinajstić information content (AvgIpc) is 2.95. The molecule has 2 N–H and O–H groups in total. The van der Waals surface area contributed by atoms with E-state index in [0.717, 1.165) is 29.9 Å². The van der Waals surface area contributed by atoms with Gasteiger partial charge in [0.1, 0.15) is 0 Å². The van der Waals surface area contributed by atoms with Gasteiger partial charge in [0.25, 0.3) is 0 Å². The summed E-state index contributed by atoms with van der Waals surface area (Å²) in [5.41, 5.74) is 10.3. The van der Waals surface area contributed by atoms with Crippen molar-refractivity contribution in [3.05, 3.63) is 47.9 Å². The van der Waals surface area contributed by atoms with Gasteiger partial charge in [-0.15, -0.1) is 0 Å². The van der Waals surface area contributed by atoms with Crippen molar-refractivity contribution in [1.82, 2.24) is 14.3 Å². The Morgan fingerprint density at radius 2 is 2.11 bits per heavy atom. The Hall–Kier alpha value is -2.23. The van der Waals surface area contributed by atoms with Gasteiger partial charge in [-0.25, -0.2) is 0 Å². The van der Waals surface area contributed by atoms with Crippen LogP contribution in [0.1, 0.15) is 18.3 Å². The molecule has 0 amide bonds. The number of rotatable bonds is 3. The highest BCUT2D eigenvalue weighted by molar-refractivity contribution is 5.91. The molecule has 0 aliphatic carbocycles. The lowest BCUT2D eigenvalue weighted by Gasteiger charge is -2.08. The molecule has 0 saturated heterocycles. The summed E-state index contributed by atoms with van der Waals surface area (Å²) >= 11 is 0. The van der Waals surface area contributed by atoms with Crippen LogP contribution in [0.2, 0.25) is 0 Å². The monoisotopic (exact) mass is 254 g/mol. The van der Waals surface area contributed by atoms with Gasteiger partial charge in [0.05, 0.1) is 23.4 Å². The molecule has 0 saturated carbocycles. The minimum atomic E-state index is 0.821. The van der Waals surface area contributed by atoms with Gasteiger partial charge in [-0.2, -0.15) is 5.10 Å². The van der Waals surface area contributed by atoms with Gasteiger partial charge in [0, 0.05) is 23.8 Å². The lowest BCUT2D eigenvalue weighted by atomic mass is 10.2. The van der Waals surface area contributed by atoms with Crippen molar-refractivity contribution in [3.8, 4) is 0 Å². The fourth-order valence-electron chi connectivity index (χ4n) is 2.56. The van der Waals surface area contributed by atoms with E-state index in [1.165, 1.54) is 11.2 Å². The normalized spacial score (nSPS) is 11.3. The fraction of sp³-hybridized carbons (Fsp3) is 0.267. The molecule has 98 valence electrons. The number of aryl methyl sites for hydroxylation is 2. The van der Waals surface area contributed by atoms with Crippen LogP contribution >= 0.6 is 0 Å². The second kappa shape index (κ2) is 4.46. The maximum atomic E-state index is 5.99. The Balaban J connectivity index is 2.03. The maximum Gasteiger partial charge on any atom is 0.0645 e. The molecule has 0 aliphatic heterocycles. The van der Waals surface area contributed by atoms with E-state index in [-0.39, 0.29) is 0 Å². The third-order valence-corrected chi connectivity index (χ3v) is 3.46. The number of anilines is 1. The van der Waals surface area contributed by atoms with Crippen LogP contribution in [0, 0.1) is 6.92 Å². The molecule has 19 heavy (non-hydrogen) atoms. The quantitative estimate of drug-likeness (QED) is 0.731. The molecule has 0 radical (unpaired) electrons. The predicted molar refractivity (Wildman–Crippen MR) is 78.1 cm³/mol. The molecule has 0 aliphatic rings.